The summed E-state index contributed by atoms with van der Waals surface area (Å²) in [7, 11) is -5.12. The van der Waals surface area contributed by atoms with Crippen LogP contribution in [0.25, 0.3) is 21.7 Å². The SMILES string of the molecule is Cc1ncsc1-c1ccc(CNC(=O)[C@@H]2C[C@@H](O)CN2C(=O)C(NC(=O)CCCCCCOc2ccc(Nc3[nH]nc(-c4ccc(NS(=O)(=O)C(F)F)c(OC(C)c5ccc(F)cc5)c4)c3C(N)=O)nc2)C(C)(C)C)cc1. The van der Waals surface area contributed by atoms with Crippen molar-refractivity contribution in [3.05, 3.63) is 119 Å². The highest BCUT2D eigenvalue weighted by Crippen LogP contribution is 2.38. The first kappa shape index (κ1) is 57.1. The van der Waals surface area contributed by atoms with Crippen LogP contribution >= 0.6 is 11.3 Å². The van der Waals surface area contributed by atoms with Gasteiger partial charge in [-0.25, -0.2) is 22.8 Å². The molecule has 7 rings (SSSR count). The molecule has 1 aliphatic heterocycles. The number of hydrogen-bond donors (Lipinski definition) is 7. The number of benzene rings is 3. The minimum Gasteiger partial charge on any atom is -0.492 e. The summed E-state index contributed by atoms with van der Waals surface area (Å²) in [5, 5.41) is 26.3. The van der Waals surface area contributed by atoms with E-state index in [-0.39, 0.29) is 77.6 Å². The van der Waals surface area contributed by atoms with Crippen molar-refractivity contribution in [2.24, 2.45) is 11.1 Å². The van der Waals surface area contributed by atoms with Gasteiger partial charge in [0.25, 0.3) is 15.9 Å². The Labute approximate surface area is 447 Å². The number of aromatic nitrogens is 4. The Morgan fingerprint density at radius 3 is 2.32 bits per heavy atom. The molecule has 3 aromatic heterocycles. The molecule has 24 heteroatoms. The highest BCUT2D eigenvalue weighted by Gasteiger charge is 2.44. The number of primary amides is 1. The van der Waals surface area contributed by atoms with Gasteiger partial charge in [0.2, 0.25) is 17.7 Å². The Bertz CT molecular complexity index is 3140. The highest BCUT2D eigenvalue weighted by atomic mass is 32.2. The average molecular weight is 1100 g/mol. The molecule has 19 nitrogen and oxygen atoms in total. The number of pyridine rings is 1. The standard InChI is InChI=1S/C53H61F3N10O9S2/c1-30-46(76-29-60-30)34-13-11-32(12-14-34)26-59-50(70)40-25-37(67)28-66(40)51(71)47(53(3,4)5)62-43(68)10-8-6-7-9-23-74-38-20-22-42(58-27-38)61-49-44(48(57)69)45(63-64-49)35-17-21-39(65-77(72,73)52(55)56)41(24-35)75-31(2)33-15-18-36(54)19-16-33/h11-22,24,27,29,31,37,40,47,52,65,67H,6-10,23,25-26,28H2,1-5H3,(H2,57,69)(H,59,70)(H,62,68)(H2,58,61,63,64)/t31?,37-,40+,47?/m1/s1. The van der Waals surface area contributed by atoms with Gasteiger partial charge in [-0.3, -0.25) is 29.0 Å². The molecule has 0 spiro atoms. The van der Waals surface area contributed by atoms with Gasteiger partial charge in [0.05, 0.1) is 40.7 Å². The molecule has 77 heavy (non-hydrogen) atoms. The lowest BCUT2D eigenvalue weighted by molar-refractivity contribution is -0.144. The molecule has 4 amide bonds. The lowest BCUT2D eigenvalue weighted by Gasteiger charge is -2.35. The minimum absolute atomic E-state index is 0.0139. The van der Waals surface area contributed by atoms with Crippen molar-refractivity contribution in [3.63, 3.8) is 0 Å². The van der Waals surface area contributed by atoms with Crippen molar-refractivity contribution in [2.45, 2.75) is 110 Å². The zero-order valence-corrected chi connectivity index (χ0v) is 44.6. The van der Waals surface area contributed by atoms with E-state index in [1.165, 1.54) is 53.6 Å². The molecule has 4 atom stereocenters. The molecule has 2 unspecified atom stereocenters. The van der Waals surface area contributed by atoms with Gasteiger partial charge in [0, 0.05) is 31.5 Å². The van der Waals surface area contributed by atoms with Gasteiger partial charge in [-0.1, -0.05) is 76.1 Å². The normalized spacial score (nSPS) is 15.4. The van der Waals surface area contributed by atoms with Crippen molar-refractivity contribution in [1.29, 1.82) is 0 Å². The van der Waals surface area contributed by atoms with E-state index in [4.69, 9.17) is 15.2 Å². The quantitative estimate of drug-likeness (QED) is 0.0283. The first-order valence-corrected chi connectivity index (χ1v) is 27.2. The molecule has 8 N–H and O–H groups in total. The van der Waals surface area contributed by atoms with Gasteiger partial charge in [-0.05, 0) is 85.2 Å². The predicted octanol–water partition coefficient (Wildman–Crippen LogP) is 8.13. The second kappa shape index (κ2) is 25.1. The largest absolute Gasteiger partial charge is 0.492 e. The Hall–Kier alpha value is -7.57. The number of alkyl halides is 2. The molecule has 1 saturated heterocycles. The molecule has 0 saturated carbocycles. The number of carbonyl (C=O) groups excluding carboxylic acids is 4. The van der Waals surface area contributed by atoms with E-state index in [1.807, 2.05) is 56.7 Å². The number of hydrogen-bond acceptors (Lipinski definition) is 14. The molecule has 1 aliphatic rings. The number of carbonyl (C=O) groups is 4. The third-order valence-corrected chi connectivity index (χ3v) is 14.6. The van der Waals surface area contributed by atoms with Crippen LogP contribution < -0.4 is 35.9 Å². The molecule has 0 bridgehead atoms. The van der Waals surface area contributed by atoms with E-state index >= 15 is 0 Å². The number of aryl methyl sites for hydroxylation is 1. The van der Waals surface area contributed by atoms with Crippen LogP contribution in [0.5, 0.6) is 11.5 Å². The van der Waals surface area contributed by atoms with Crippen LogP contribution in [-0.4, -0.2) is 99.3 Å². The average Bonchev–Trinajstić information content (AvgIpc) is 4.14. The summed E-state index contributed by atoms with van der Waals surface area (Å²) >= 11 is 1.56. The van der Waals surface area contributed by atoms with Gasteiger partial charge in [0.15, 0.2) is 0 Å². The molecule has 0 radical (unpaired) electrons. The summed E-state index contributed by atoms with van der Waals surface area (Å²) in [6, 6.07) is 18.3. The number of aliphatic hydroxyl groups excluding tert-OH is 1. The van der Waals surface area contributed by atoms with Crippen molar-refractivity contribution in [2.75, 3.05) is 23.2 Å². The number of β-amino-alcohol motifs (C(OH)–C–C–N with tert-alkyl or cyclic N) is 1. The number of thiazole rings is 1. The fourth-order valence-electron chi connectivity index (χ4n) is 8.54. The van der Waals surface area contributed by atoms with Crippen LogP contribution in [0.4, 0.5) is 30.5 Å². The molecule has 1 fully saturated rings. The number of sulfonamides is 1. The van der Waals surface area contributed by atoms with E-state index in [0.29, 0.717) is 37.2 Å². The smallest absolute Gasteiger partial charge is 0.355 e. The number of rotatable bonds is 24. The Morgan fingerprint density at radius 2 is 1.68 bits per heavy atom. The number of halogens is 3. The summed E-state index contributed by atoms with van der Waals surface area (Å²) in [5.41, 5.74) is 10.0. The molecular formula is C53H61F3N10O9S2. The van der Waals surface area contributed by atoms with E-state index in [2.05, 4.69) is 36.1 Å². The third-order valence-electron chi connectivity index (χ3n) is 12.7. The number of amides is 4. The maximum Gasteiger partial charge on any atom is 0.355 e. The topological polar surface area (TPSA) is 273 Å². The third kappa shape index (κ3) is 14.9. The van der Waals surface area contributed by atoms with Gasteiger partial charge >= 0.3 is 5.76 Å². The molecular weight excluding hydrogens is 1040 g/mol. The Kier molecular flexibility index (Phi) is 18.6. The van der Waals surface area contributed by atoms with Gasteiger partial charge in [-0.2, -0.15) is 13.9 Å². The van der Waals surface area contributed by atoms with Crippen LogP contribution in [0.2, 0.25) is 0 Å². The fraction of sp³-hybridized carbons (Fsp3) is 0.377. The van der Waals surface area contributed by atoms with Crippen LogP contribution in [0.3, 0.4) is 0 Å². The number of aliphatic hydroxyl groups is 1. The number of ether oxygens (including phenoxy) is 2. The van der Waals surface area contributed by atoms with Crippen molar-refractivity contribution in [3.8, 4) is 33.2 Å². The van der Waals surface area contributed by atoms with Crippen molar-refractivity contribution in [1.82, 2.24) is 35.7 Å². The second-order valence-corrected chi connectivity index (χ2v) is 22.1. The highest BCUT2D eigenvalue weighted by molar-refractivity contribution is 7.93. The lowest BCUT2D eigenvalue weighted by Crippen LogP contribution is -2.57. The number of nitrogens with zero attached hydrogens (tertiary/aromatic N) is 4. The lowest BCUT2D eigenvalue weighted by atomic mass is 9.85. The summed E-state index contributed by atoms with van der Waals surface area (Å²) in [4.78, 5) is 64.7. The predicted molar refractivity (Wildman–Crippen MR) is 284 cm³/mol. The molecule has 4 heterocycles. The number of aromatic amines is 1. The van der Waals surface area contributed by atoms with Crippen LogP contribution in [0.15, 0.2) is 90.6 Å². The zero-order chi connectivity index (χ0) is 55.6. The Morgan fingerprint density at radius 1 is 0.961 bits per heavy atom. The summed E-state index contributed by atoms with van der Waals surface area (Å²) in [6.45, 7) is 9.61. The molecule has 410 valence electrons. The number of nitrogens with two attached hydrogens (primary N) is 1. The van der Waals surface area contributed by atoms with E-state index < -0.39 is 63.1 Å². The summed E-state index contributed by atoms with van der Waals surface area (Å²) in [6.07, 6.45) is 2.69. The maximum absolute atomic E-state index is 14.1. The second-order valence-electron chi connectivity index (χ2n) is 19.6. The Balaban J connectivity index is 0.868. The van der Waals surface area contributed by atoms with E-state index in [9.17, 15) is 45.9 Å². The van der Waals surface area contributed by atoms with Gasteiger partial charge in [0.1, 0.15) is 58.4 Å². The van der Waals surface area contributed by atoms with Crippen molar-refractivity contribution < 1.29 is 55.3 Å². The van der Waals surface area contributed by atoms with Crippen LogP contribution in [0, 0.1) is 18.2 Å². The first-order valence-electron chi connectivity index (χ1n) is 24.7. The van der Waals surface area contributed by atoms with E-state index in [0.717, 1.165) is 28.1 Å². The van der Waals surface area contributed by atoms with Crippen LogP contribution in [0.1, 0.15) is 99.5 Å². The minimum atomic E-state index is -5.12. The number of likely N-dealkylation sites (tertiary alicyclic amines) is 1. The zero-order valence-electron chi connectivity index (χ0n) is 42.9. The molecule has 0 aliphatic carbocycles. The molecule has 3 aromatic carbocycles. The van der Waals surface area contributed by atoms with Crippen molar-refractivity contribution >= 4 is 62.3 Å². The summed E-state index contributed by atoms with van der Waals surface area (Å²) in [5.74, 6) is -5.68. The summed E-state index contributed by atoms with van der Waals surface area (Å²) < 4.78 is 78.3. The number of H-pyrrole nitrogens is 1. The van der Waals surface area contributed by atoms with Gasteiger partial charge < -0.3 is 41.2 Å². The molecule has 6 aromatic rings. The maximum atomic E-state index is 14.1. The monoisotopic (exact) mass is 1100 g/mol. The first-order chi connectivity index (χ1) is 36.6. The van der Waals surface area contributed by atoms with E-state index in [1.54, 1.807) is 35.9 Å². The fourth-order valence-corrected chi connectivity index (χ4v) is 9.91. The number of anilines is 3. The number of unbranched alkanes of at least 4 members (excludes halogenated alkanes) is 3. The van der Waals surface area contributed by atoms with Crippen LogP contribution in [-0.2, 0) is 31.0 Å². The number of nitrogens with one attached hydrogen (secondary N) is 5. The van der Waals surface area contributed by atoms with Gasteiger partial charge in [-0.15, -0.1) is 11.3 Å².